The summed E-state index contributed by atoms with van der Waals surface area (Å²) in [5.74, 6) is -0.711. The van der Waals surface area contributed by atoms with Gasteiger partial charge in [0, 0.05) is 7.05 Å². The number of halogens is 4. The zero-order valence-corrected chi connectivity index (χ0v) is 22.5. The molecule has 2 N–H and O–H groups in total. The van der Waals surface area contributed by atoms with E-state index >= 15 is 0 Å². The Morgan fingerprint density at radius 1 is 1.15 bits per heavy atom. The summed E-state index contributed by atoms with van der Waals surface area (Å²) >= 11 is 7.55. The van der Waals surface area contributed by atoms with Crippen LogP contribution < -0.4 is 22.0 Å². The number of hydrogen-bond donors (Lipinski definition) is 2. The lowest BCUT2D eigenvalue weighted by atomic mass is 10.1. The van der Waals surface area contributed by atoms with Gasteiger partial charge in [0.15, 0.2) is 11.0 Å². The third-order valence-corrected chi connectivity index (χ3v) is 7.01. The molecule has 3 aromatic heterocycles. The molecule has 5 aromatic rings. The van der Waals surface area contributed by atoms with Crippen LogP contribution in [0.15, 0.2) is 46.2 Å². The number of benzene rings is 2. The Balaban J connectivity index is 1.57. The quantitative estimate of drug-likeness (QED) is 0.259. The fraction of sp³-hybridized carbons (Fsp3) is 0.208. The maximum Gasteiger partial charge on any atom is 0.355 e. The van der Waals surface area contributed by atoms with E-state index in [2.05, 4.69) is 30.7 Å². The van der Waals surface area contributed by atoms with Crippen LogP contribution in [0.3, 0.4) is 0 Å². The van der Waals surface area contributed by atoms with Crippen molar-refractivity contribution in [3.63, 3.8) is 0 Å². The van der Waals surface area contributed by atoms with Crippen molar-refractivity contribution >= 4 is 49.9 Å². The molecule has 5 rings (SSSR count). The molecule has 210 valence electrons. The highest BCUT2D eigenvalue weighted by Crippen LogP contribution is 2.34. The summed E-state index contributed by atoms with van der Waals surface area (Å²) in [5.41, 5.74) is -0.818. The molecule has 0 amide bonds. The van der Waals surface area contributed by atoms with Gasteiger partial charge in [0.2, 0.25) is 5.95 Å². The van der Waals surface area contributed by atoms with E-state index in [1.54, 1.807) is 19.2 Å². The Bertz CT molecular complexity index is 1930. The average molecular weight is 603 g/mol. The second-order valence-electron chi connectivity index (χ2n) is 8.65. The number of rotatable bonds is 9. The standard InChI is InChI=1S/C24H18ClF3N10O2S/c1-36-11-31-20(35-36)10-38-23(39)34-21(37(24(38)40)9-12-2-3-15(26)13(4-12)7-29)32-16-6-18-17(5-14(16)25)33-22(41-18)30-8-19(27)28/h2-6,11,19H,8-10H2,1H3,(H,30,33)(H,32,34,39). The number of aromatic nitrogens is 7. The molecular formula is C24H18ClF3N10O2S. The second-order valence-corrected chi connectivity index (χ2v) is 10.1. The van der Waals surface area contributed by atoms with Crippen molar-refractivity contribution in [2.24, 2.45) is 7.05 Å². The van der Waals surface area contributed by atoms with Crippen LogP contribution in [-0.4, -0.2) is 46.8 Å². The van der Waals surface area contributed by atoms with E-state index in [0.29, 0.717) is 15.8 Å². The number of hydrogen-bond acceptors (Lipinski definition) is 10. The van der Waals surface area contributed by atoms with Gasteiger partial charge >= 0.3 is 11.4 Å². The molecule has 41 heavy (non-hydrogen) atoms. The van der Waals surface area contributed by atoms with Gasteiger partial charge < -0.3 is 10.6 Å². The minimum absolute atomic E-state index is 0.152. The molecule has 0 radical (unpaired) electrons. The topological polar surface area (TPSA) is 148 Å². The minimum Gasteiger partial charge on any atom is -0.356 e. The average Bonchev–Trinajstić information content (AvgIpc) is 3.53. The smallest absolute Gasteiger partial charge is 0.355 e. The highest BCUT2D eigenvalue weighted by molar-refractivity contribution is 7.22. The Morgan fingerprint density at radius 2 is 1.95 bits per heavy atom. The van der Waals surface area contributed by atoms with Crippen LogP contribution in [0, 0.1) is 17.1 Å². The highest BCUT2D eigenvalue weighted by Gasteiger charge is 2.18. The molecule has 0 spiro atoms. The first-order valence-corrected chi connectivity index (χ1v) is 12.9. The zero-order chi connectivity index (χ0) is 29.3. The van der Waals surface area contributed by atoms with Gasteiger partial charge in [0.1, 0.15) is 18.2 Å². The largest absolute Gasteiger partial charge is 0.356 e. The van der Waals surface area contributed by atoms with Gasteiger partial charge in [-0.1, -0.05) is 29.0 Å². The van der Waals surface area contributed by atoms with E-state index < -0.39 is 30.2 Å². The summed E-state index contributed by atoms with van der Waals surface area (Å²) in [5, 5.41) is 19.2. The summed E-state index contributed by atoms with van der Waals surface area (Å²) in [6.07, 6.45) is -1.15. The molecule has 0 bridgehead atoms. The van der Waals surface area contributed by atoms with Gasteiger partial charge in [-0.25, -0.2) is 37.3 Å². The summed E-state index contributed by atoms with van der Waals surface area (Å²) in [7, 11) is 1.63. The first kappa shape index (κ1) is 27.8. The molecular weight excluding hydrogens is 585 g/mol. The van der Waals surface area contributed by atoms with Crippen LogP contribution >= 0.6 is 22.9 Å². The lowest BCUT2D eigenvalue weighted by molar-refractivity contribution is 0.163. The first-order chi connectivity index (χ1) is 19.6. The number of alkyl halides is 2. The molecule has 0 aliphatic rings. The molecule has 17 heteroatoms. The summed E-state index contributed by atoms with van der Waals surface area (Å²) < 4.78 is 43.1. The number of aryl methyl sites for hydroxylation is 1. The van der Waals surface area contributed by atoms with Gasteiger partial charge in [-0.05, 0) is 29.8 Å². The number of fused-ring (bicyclic) bond motifs is 1. The summed E-state index contributed by atoms with van der Waals surface area (Å²) in [4.78, 5) is 38.9. The van der Waals surface area contributed by atoms with Crippen molar-refractivity contribution in [1.29, 1.82) is 5.26 Å². The van der Waals surface area contributed by atoms with Crippen molar-refractivity contribution in [3.05, 3.63) is 85.4 Å². The summed E-state index contributed by atoms with van der Waals surface area (Å²) in [6.45, 7) is -1.03. The Labute approximate surface area is 237 Å². The summed E-state index contributed by atoms with van der Waals surface area (Å²) in [6, 6.07) is 8.60. The van der Waals surface area contributed by atoms with Crippen LogP contribution in [0.4, 0.5) is 29.9 Å². The van der Waals surface area contributed by atoms with Crippen molar-refractivity contribution in [3.8, 4) is 6.07 Å². The lowest BCUT2D eigenvalue weighted by Crippen LogP contribution is -2.43. The first-order valence-electron chi connectivity index (χ1n) is 11.7. The molecule has 0 saturated heterocycles. The molecule has 2 aromatic carbocycles. The van der Waals surface area contributed by atoms with E-state index in [0.717, 1.165) is 26.5 Å². The molecule has 0 atom stereocenters. The van der Waals surface area contributed by atoms with Crippen LogP contribution in [0.5, 0.6) is 0 Å². The van der Waals surface area contributed by atoms with Crippen LogP contribution in [0.1, 0.15) is 17.0 Å². The molecule has 0 aliphatic heterocycles. The predicted molar refractivity (Wildman–Crippen MR) is 145 cm³/mol. The number of nitrogens with one attached hydrogen (secondary N) is 2. The Kier molecular flexibility index (Phi) is 7.72. The molecule has 0 fully saturated rings. The number of anilines is 3. The maximum atomic E-state index is 13.9. The van der Waals surface area contributed by atoms with Gasteiger partial charge in [-0.3, -0.25) is 9.25 Å². The molecule has 0 saturated carbocycles. The number of thiazole rings is 1. The predicted octanol–water partition coefficient (Wildman–Crippen LogP) is 3.32. The van der Waals surface area contributed by atoms with Crippen molar-refractivity contribution in [1.82, 2.24) is 33.9 Å². The number of nitriles is 1. The van der Waals surface area contributed by atoms with Crippen LogP contribution in [-0.2, 0) is 20.1 Å². The van der Waals surface area contributed by atoms with Crippen molar-refractivity contribution in [2.45, 2.75) is 19.5 Å². The normalized spacial score (nSPS) is 11.2. The Hall–Kier alpha value is -4.75. The van der Waals surface area contributed by atoms with E-state index in [1.807, 2.05) is 0 Å². The third-order valence-electron chi connectivity index (χ3n) is 5.72. The monoisotopic (exact) mass is 602 g/mol. The van der Waals surface area contributed by atoms with Gasteiger partial charge in [-0.15, -0.1) is 0 Å². The van der Waals surface area contributed by atoms with Gasteiger partial charge in [-0.2, -0.15) is 15.3 Å². The van der Waals surface area contributed by atoms with Crippen LogP contribution in [0.2, 0.25) is 5.02 Å². The van der Waals surface area contributed by atoms with E-state index in [-0.39, 0.29) is 46.3 Å². The minimum atomic E-state index is -2.56. The zero-order valence-electron chi connectivity index (χ0n) is 21.0. The van der Waals surface area contributed by atoms with Gasteiger partial charge in [0.05, 0.1) is 46.1 Å². The lowest BCUT2D eigenvalue weighted by Gasteiger charge is -2.16. The molecule has 0 aliphatic carbocycles. The van der Waals surface area contributed by atoms with E-state index in [9.17, 15) is 28.0 Å². The second kappa shape index (κ2) is 11.4. The Morgan fingerprint density at radius 3 is 2.66 bits per heavy atom. The molecule has 0 unspecified atom stereocenters. The number of nitrogens with zero attached hydrogens (tertiary/aromatic N) is 8. The SMILES string of the molecule is Cn1cnc(Cn2c(=O)nc(Nc3cc4sc(NCC(F)F)nc4cc3Cl)n(Cc3ccc(F)c(C#N)c3)c2=O)n1. The van der Waals surface area contributed by atoms with Crippen molar-refractivity contribution < 1.29 is 13.2 Å². The highest BCUT2D eigenvalue weighted by atomic mass is 35.5. The van der Waals surface area contributed by atoms with Gasteiger partial charge in [0.25, 0.3) is 6.43 Å². The van der Waals surface area contributed by atoms with E-state index in [1.165, 1.54) is 29.2 Å². The van der Waals surface area contributed by atoms with Crippen molar-refractivity contribution in [2.75, 3.05) is 17.2 Å². The van der Waals surface area contributed by atoms with Crippen LogP contribution in [0.25, 0.3) is 10.2 Å². The van der Waals surface area contributed by atoms with E-state index in [4.69, 9.17) is 11.6 Å². The maximum absolute atomic E-state index is 13.9. The molecule has 12 nitrogen and oxygen atoms in total. The fourth-order valence-corrected chi connectivity index (χ4v) is 4.94. The molecule has 3 heterocycles. The fourth-order valence-electron chi connectivity index (χ4n) is 3.84. The third kappa shape index (κ3) is 6.05.